The zero-order valence-corrected chi connectivity index (χ0v) is 45.5. The van der Waals surface area contributed by atoms with Crippen LogP contribution in [0.4, 0.5) is 74.6 Å². The van der Waals surface area contributed by atoms with Gasteiger partial charge in [-0.2, -0.15) is 39.5 Å². The van der Waals surface area contributed by atoms with Crippen LogP contribution in [0.2, 0.25) is 0 Å². The zero-order chi connectivity index (χ0) is 63.4. The third-order valence-corrected chi connectivity index (χ3v) is 12.0. The van der Waals surface area contributed by atoms with Gasteiger partial charge in [0, 0.05) is 29.8 Å². The Balaban J connectivity index is 0.000000173. The molecule has 0 aliphatic carbocycles. The molecule has 1 saturated heterocycles. The molecule has 3 aromatic carbocycles. The van der Waals surface area contributed by atoms with Crippen LogP contribution in [-0.4, -0.2) is 107 Å². The molecule has 1 aliphatic rings. The second kappa shape index (κ2) is 27.4. The number of nitrogens with zero attached hydrogens (tertiary/aromatic N) is 6. The van der Waals surface area contributed by atoms with E-state index in [1.165, 1.54) is 97.8 Å². The van der Waals surface area contributed by atoms with Gasteiger partial charge in [-0.05, 0) is 86.6 Å². The van der Waals surface area contributed by atoms with Crippen LogP contribution >= 0.6 is 0 Å². The molecule has 0 bridgehead atoms. The molecule has 0 saturated carbocycles. The second-order valence-corrected chi connectivity index (χ2v) is 19.0. The first-order chi connectivity index (χ1) is 41.7. The van der Waals surface area contributed by atoms with Crippen LogP contribution in [0.3, 0.4) is 0 Å². The van der Waals surface area contributed by atoms with Gasteiger partial charge in [-0.1, -0.05) is 36.4 Å². The molecule has 2 unspecified atom stereocenters. The molecule has 31 heteroatoms. The maximum atomic E-state index is 12.7. The Morgan fingerprint density at radius 3 is 1.17 bits per heavy atom. The van der Waals surface area contributed by atoms with Crippen LogP contribution in [0.25, 0.3) is 34.0 Å². The number of benzene rings is 3. The predicted octanol–water partition coefficient (Wildman–Crippen LogP) is 11.2. The van der Waals surface area contributed by atoms with Gasteiger partial charge in [-0.25, -0.2) is 34.7 Å². The quantitative estimate of drug-likeness (QED) is 0.0393. The number of hydrogen-bond donors (Lipinski definition) is 8. The molecule has 460 valence electrons. The summed E-state index contributed by atoms with van der Waals surface area (Å²) < 4.78 is 141. The molecule has 0 radical (unpaired) electrons. The molecule has 7 heterocycles. The number of carbonyl (C=O) groups is 3. The Kier molecular flexibility index (Phi) is 19.9. The average molecular weight is 1230 g/mol. The number of amides is 2. The molecule has 6 aromatic heterocycles. The normalized spacial score (nSPS) is 14.1. The number of carbonyl (C=O) groups excluding carboxylic acids is 2. The van der Waals surface area contributed by atoms with E-state index in [0.29, 0.717) is 52.7 Å². The van der Waals surface area contributed by atoms with Crippen molar-refractivity contribution in [1.82, 2.24) is 40.5 Å². The topological polar surface area (TPSA) is 307 Å². The van der Waals surface area contributed by atoms with E-state index in [4.69, 9.17) is 32.9 Å². The van der Waals surface area contributed by atoms with Crippen LogP contribution in [-0.2, 0) is 28.0 Å². The van der Waals surface area contributed by atoms with Gasteiger partial charge in [0.2, 0.25) is 0 Å². The third kappa shape index (κ3) is 17.9. The Labute approximate surface area is 490 Å². The molecule has 8 N–H and O–H groups in total. The first kappa shape index (κ1) is 63.8. The van der Waals surface area contributed by atoms with E-state index in [1.54, 1.807) is 12.1 Å². The lowest BCUT2D eigenvalue weighted by molar-refractivity contribution is -0.138. The van der Waals surface area contributed by atoms with E-state index >= 15 is 0 Å². The van der Waals surface area contributed by atoms with Gasteiger partial charge in [0.1, 0.15) is 23.2 Å². The fourth-order valence-corrected chi connectivity index (χ4v) is 7.56. The number of aliphatic hydroxyl groups excluding tert-OH is 2. The summed E-state index contributed by atoms with van der Waals surface area (Å²) >= 11 is 0. The lowest BCUT2D eigenvalue weighted by atomic mass is 10.1. The highest BCUT2D eigenvalue weighted by molar-refractivity contribution is 5.93. The Bertz CT molecular complexity index is 3770. The third-order valence-electron chi connectivity index (χ3n) is 12.0. The van der Waals surface area contributed by atoms with Crippen molar-refractivity contribution < 1.29 is 91.9 Å². The van der Waals surface area contributed by atoms with E-state index in [2.05, 4.69) is 56.5 Å². The summed E-state index contributed by atoms with van der Waals surface area (Å²) in [6.07, 6.45) is -6.28. The van der Waals surface area contributed by atoms with E-state index in [-0.39, 0.29) is 65.2 Å². The number of halogens is 9. The zero-order valence-electron chi connectivity index (χ0n) is 45.5. The van der Waals surface area contributed by atoms with Gasteiger partial charge in [0.05, 0.1) is 90.3 Å². The lowest BCUT2D eigenvalue weighted by Gasteiger charge is -2.17. The standard InChI is InChI=1S/C22H21F3N4O4.C19H17F3N4O4.C16H10F3N3O3/c1-21(2)31-12-16(33-21)10-27-19(30)17-8-7-15(9-26-17)29-20-28-11-18(32-20)13-3-5-14(6-4-13)22(23,24)25;20-19(21,22)12-3-1-11(2-4-12)16-9-25-18(30-16)26-13-5-6-15(23-7-13)17(29)24-8-14(28)10-27;17-16(18,19)10-3-1-9(2-4-10)13-8-21-15(25-13)22-11-5-6-12(14(23)24)20-7-11/h3-9,11,16H,10,12H2,1-2H3,(H,27,30)(H,28,29);1-7,9,14,27-28H,8,10H2,(H,24,29)(H,25,26);1-8H,(H,21,22)(H,23,24). The number of aromatic carboxylic acids is 1. The summed E-state index contributed by atoms with van der Waals surface area (Å²) in [6.45, 7) is 3.73. The molecule has 1 aliphatic heterocycles. The number of nitrogens with one attached hydrogen (secondary N) is 5. The minimum absolute atomic E-state index is 0.0926. The molecule has 10 rings (SSSR count). The number of aliphatic hydroxyl groups is 2. The van der Waals surface area contributed by atoms with E-state index < -0.39 is 65.6 Å². The number of pyridine rings is 3. The summed E-state index contributed by atoms with van der Waals surface area (Å²) in [6, 6.07) is 22.8. The van der Waals surface area contributed by atoms with Crippen molar-refractivity contribution in [1.29, 1.82) is 0 Å². The van der Waals surface area contributed by atoms with Crippen LogP contribution in [0.15, 0.2) is 160 Å². The number of ether oxygens (including phenoxy) is 2. The second-order valence-electron chi connectivity index (χ2n) is 19.0. The number of rotatable bonds is 17. The predicted molar refractivity (Wildman–Crippen MR) is 293 cm³/mol. The molecule has 2 atom stereocenters. The van der Waals surface area contributed by atoms with Gasteiger partial charge < -0.3 is 64.6 Å². The van der Waals surface area contributed by atoms with Crippen molar-refractivity contribution in [3.8, 4) is 34.0 Å². The number of anilines is 6. The molecular weight excluding hydrogens is 1190 g/mol. The fourth-order valence-electron chi connectivity index (χ4n) is 7.56. The van der Waals surface area contributed by atoms with E-state index in [9.17, 15) is 59.0 Å². The average Bonchev–Trinajstić information content (AvgIpc) is 3.52. The van der Waals surface area contributed by atoms with E-state index in [1.807, 2.05) is 13.8 Å². The van der Waals surface area contributed by atoms with E-state index in [0.717, 1.165) is 36.4 Å². The molecule has 0 spiro atoms. The maximum Gasteiger partial charge on any atom is 0.416 e. The van der Waals surface area contributed by atoms with Crippen LogP contribution in [0, 0.1) is 0 Å². The van der Waals surface area contributed by atoms with Gasteiger partial charge in [-0.3, -0.25) is 9.59 Å². The van der Waals surface area contributed by atoms with Crippen molar-refractivity contribution in [3.05, 3.63) is 180 Å². The molecule has 22 nitrogen and oxygen atoms in total. The molecule has 9 aromatic rings. The summed E-state index contributed by atoms with van der Waals surface area (Å²) in [5, 5.41) is 40.4. The fraction of sp³-hybridized carbons (Fsp3) is 0.211. The van der Waals surface area contributed by atoms with Crippen molar-refractivity contribution in [2.75, 3.05) is 42.3 Å². The lowest BCUT2D eigenvalue weighted by Crippen LogP contribution is -2.34. The van der Waals surface area contributed by atoms with Crippen molar-refractivity contribution in [3.63, 3.8) is 0 Å². The number of hydrogen-bond acceptors (Lipinski definition) is 19. The van der Waals surface area contributed by atoms with Gasteiger partial charge in [-0.15, -0.1) is 0 Å². The minimum atomic E-state index is -4.42. The summed E-state index contributed by atoms with van der Waals surface area (Å²) in [5.74, 6) is -1.81. The summed E-state index contributed by atoms with van der Waals surface area (Å²) in [4.78, 5) is 58.8. The minimum Gasteiger partial charge on any atom is -0.477 e. The monoisotopic (exact) mass is 1230 g/mol. The highest BCUT2D eigenvalue weighted by atomic mass is 19.4. The van der Waals surface area contributed by atoms with Gasteiger partial charge >= 0.3 is 24.5 Å². The van der Waals surface area contributed by atoms with Crippen LogP contribution in [0.5, 0.6) is 0 Å². The summed E-state index contributed by atoms with van der Waals surface area (Å²) in [5.41, 5.74) is 0.704. The Hall–Kier alpha value is -10.2. The number of oxazole rings is 3. The largest absolute Gasteiger partial charge is 0.477 e. The number of carboxylic acids is 1. The first-order valence-electron chi connectivity index (χ1n) is 25.7. The van der Waals surface area contributed by atoms with Crippen LogP contribution in [0.1, 0.15) is 62.0 Å². The molecule has 88 heavy (non-hydrogen) atoms. The molecule has 1 fully saturated rings. The number of carboxylic acid groups (broad SMARTS) is 1. The molecular formula is C57H48F9N11O11. The SMILES string of the molecule is CC1(C)OCC(CNC(=O)c2ccc(Nc3ncc(-c4ccc(C(F)(F)F)cc4)o3)cn2)O1.O=C(NCC(O)CO)c1ccc(Nc2ncc(-c3ccc(C(F)(F)F)cc3)o2)cn1.O=C(O)c1ccc(Nc2ncc(-c3ccc(C(F)(F)F)cc3)o2)cn1. The number of aromatic nitrogens is 6. The maximum absolute atomic E-state index is 12.7. The smallest absolute Gasteiger partial charge is 0.416 e. The van der Waals surface area contributed by atoms with Crippen molar-refractivity contribution >= 4 is 52.9 Å². The molecule has 2 amide bonds. The highest BCUT2D eigenvalue weighted by Gasteiger charge is 2.34. The highest BCUT2D eigenvalue weighted by Crippen LogP contribution is 2.35. The van der Waals surface area contributed by atoms with Gasteiger partial charge in [0.25, 0.3) is 29.9 Å². The number of alkyl halides is 9. The first-order valence-corrected chi connectivity index (χ1v) is 25.7. The van der Waals surface area contributed by atoms with Gasteiger partial charge in [0.15, 0.2) is 23.1 Å². The Morgan fingerprint density at radius 1 is 0.523 bits per heavy atom. The van der Waals surface area contributed by atoms with Crippen molar-refractivity contribution in [2.45, 2.75) is 50.4 Å². The van der Waals surface area contributed by atoms with Crippen LogP contribution < -0.4 is 26.6 Å². The Morgan fingerprint density at radius 2 is 0.875 bits per heavy atom. The summed E-state index contributed by atoms with van der Waals surface area (Å²) in [7, 11) is 0. The van der Waals surface area contributed by atoms with Crippen molar-refractivity contribution in [2.24, 2.45) is 0 Å².